The zero-order valence-corrected chi connectivity index (χ0v) is 14.9. The van der Waals surface area contributed by atoms with Crippen LogP contribution in [0.3, 0.4) is 0 Å². The first kappa shape index (κ1) is 15.4. The lowest BCUT2D eigenvalue weighted by molar-refractivity contribution is -0.124. The number of hydrogen-bond donors (Lipinski definition) is 1. The number of aromatic nitrogens is 2. The van der Waals surface area contributed by atoms with Crippen molar-refractivity contribution in [1.82, 2.24) is 9.55 Å². The second-order valence-electron chi connectivity index (χ2n) is 9.43. The van der Waals surface area contributed by atoms with Crippen molar-refractivity contribution in [2.45, 2.75) is 57.1 Å². The Hall–Kier alpha value is -1.68. The average molecular weight is 352 g/mol. The van der Waals surface area contributed by atoms with Gasteiger partial charge in [0.05, 0.1) is 30.4 Å². The molecular weight excluding hydrogens is 327 g/mol. The lowest BCUT2D eigenvalue weighted by Gasteiger charge is -2.58. The molecule has 3 nitrogen and oxygen atoms in total. The fourth-order valence-electron chi connectivity index (χ4n) is 7.28. The first-order valence-corrected chi connectivity index (χ1v) is 10.1. The first-order valence-electron chi connectivity index (χ1n) is 10.1. The van der Waals surface area contributed by atoms with Crippen molar-refractivity contribution in [3.63, 3.8) is 0 Å². The third kappa shape index (κ3) is 1.99. The van der Waals surface area contributed by atoms with E-state index < -0.39 is 0 Å². The zero-order chi connectivity index (χ0) is 17.5. The molecule has 4 saturated carbocycles. The number of rotatable bonds is 3. The van der Waals surface area contributed by atoms with Crippen molar-refractivity contribution in [1.29, 1.82) is 0 Å². The molecule has 1 aliphatic heterocycles. The SMILES string of the molecule is OC(CC1c2c(F)cccc2-c2cncn21)C12CC3C[C@H](C1)C[C@H](C3)C2. The lowest BCUT2D eigenvalue weighted by atomic mass is 9.48. The minimum atomic E-state index is -0.360. The molecule has 2 unspecified atom stereocenters. The predicted molar refractivity (Wildman–Crippen MR) is 97.0 cm³/mol. The summed E-state index contributed by atoms with van der Waals surface area (Å²) >= 11 is 0. The molecule has 2 heterocycles. The van der Waals surface area contributed by atoms with E-state index in [1.165, 1.54) is 38.5 Å². The third-order valence-corrected chi connectivity index (χ3v) is 7.90. The van der Waals surface area contributed by atoms with Gasteiger partial charge < -0.3 is 9.67 Å². The number of halogens is 1. The Bertz CT molecular complexity index is 837. The molecule has 1 aromatic heterocycles. The van der Waals surface area contributed by atoms with Gasteiger partial charge in [-0.3, -0.25) is 0 Å². The van der Waals surface area contributed by atoms with E-state index in [-0.39, 0.29) is 23.4 Å². The van der Waals surface area contributed by atoms with Crippen LogP contribution in [0, 0.1) is 29.0 Å². The minimum absolute atomic E-state index is 0.0729. The van der Waals surface area contributed by atoms with E-state index in [4.69, 9.17) is 0 Å². The molecule has 2 aromatic rings. The van der Waals surface area contributed by atoms with Crippen LogP contribution in [-0.2, 0) is 0 Å². The Balaban J connectivity index is 1.35. The van der Waals surface area contributed by atoms with E-state index in [1.54, 1.807) is 18.5 Å². The number of fused-ring (bicyclic) bond motifs is 3. The Morgan fingerprint density at radius 2 is 1.85 bits per heavy atom. The van der Waals surface area contributed by atoms with Crippen LogP contribution in [0.25, 0.3) is 11.3 Å². The van der Waals surface area contributed by atoms with Gasteiger partial charge in [-0.15, -0.1) is 0 Å². The Kier molecular flexibility index (Phi) is 3.07. The number of nitrogens with zero attached hydrogens (tertiary/aromatic N) is 2. The van der Waals surface area contributed by atoms with Gasteiger partial charge in [-0.25, -0.2) is 9.37 Å². The number of benzene rings is 1. The van der Waals surface area contributed by atoms with Gasteiger partial charge in [-0.1, -0.05) is 12.1 Å². The van der Waals surface area contributed by atoms with E-state index >= 15 is 0 Å². The van der Waals surface area contributed by atoms with E-state index in [0.717, 1.165) is 34.6 Å². The summed E-state index contributed by atoms with van der Waals surface area (Å²) in [6.45, 7) is 0. The molecule has 0 amide bonds. The monoisotopic (exact) mass is 352 g/mol. The molecule has 4 aliphatic carbocycles. The summed E-state index contributed by atoms with van der Waals surface area (Å²) in [5.41, 5.74) is 2.73. The molecule has 1 aromatic carbocycles. The van der Waals surface area contributed by atoms with Gasteiger partial charge in [0.15, 0.2) is 0 Å². The average Bonchev–Trinajstić information content (AvgIpc) is 3.17. The van der Waals surface area contributed by atoms with Crippen LogP contribution in [0.5, 0.6) is 0 Å². The van der Waals surface area contributed by atoms with Crippen LogP contribution in [0.2, 0.25) is 0 Å². The van der Waals surface area contributed by atoms with Gasteiger partial charge in [0.1, 0.15) is 5.82 Å². The highest BCUT2D eigenvalue weighted by Gasteiger charge is 2.54. The number of imidazole rings is 1. The Labute approximate surface area is 153 Å². The second-order valence-corrected chi connectivity index (χ2v) is 9.43. The maximum Gasteiger partial charge on any atom is 0.129 e. The normalized spacial score (nSPS) is 37.6. The predicted octanol–water partition coefficient (Wildman–Crippen LogP) is 4.56. The van der Waals surface area contributed by atoms with E-state index in [1.807, 2.05) is 12.3 Å². The molecule has 0 spiro atoms. The quantitative estimate of drug-likeness (QED) is 0.879. The van der Waals surface area contributed by atoms with E-state index in [2.05, 4.69) is 9.55 Å². The Morgan fingerprint density at radius 1 is 1.15 bits per heavy atom. The molecule has 2 atom stereocenters. The van der Waals surface area contributed by atoms with Gasteiger partial charge >= 0.3 is 0 Å². The molecule has 0 radical (unpaired) electrons. The molecule has 0 saturated heterocycles. The Morgan fingerprint density at radius 3 is 2.54 bits per heavy atom. The third-order valence-electron chi connectivity index (χ3n) is 7.90. The van der Waals surface area contributed by atoms with Crippen LogP contribution in [0.4, 0.5) is 4.39 Å². The standard InChI is InChI=1S/C22H25FN2O/c23-17-3-1-2-16-19-11-24-12-25(19)18(21(16)17)7-20(26)22-8-13-4-14(9-22)6-15(5-13)10-22/h1-3,11-15,18,20,26H,4-10H2/t13-,14-,15?,18?,20?,22?/m1/s1. The summed E-state index contributed by atoms with van der Waals surface area (Å²) in [5, 5.41) is 11.4. The largest absolute Gasteiger partial charge is 0.392 e. The highest BCUT2D eigenvalue weighted by atomic mass is 19.1. The molecule has 4 fully saturated rings. The van der Waals surface area contributed by atoms with Crippen LogP contribution >= 0.6 is 0 Å². The van der Waals surface area contributed by atoms with Gasteiger partial charge in [0.2, 0.25) is 0 Å². The molecule has 1 N–H and O–H groups in total. The molecule has 4 bridgehead atoms. The first-order chi connectivity index (χ1) is 12.6. The van der Waals surface area contributed by atoms with Gasteiger partial charge in [-0.05, 0) is 74.2 Å². The smallest absolute Gasteiger partial charge is 0.129 e. The number of aliphatic hydroxyl groups is 1. The van der Waals surface area contributed by atoms with E-state index in [9.17, 15) is 9.50 Å². The number of hydrogen-bond acceptors (Lipinski definition) is 2. The highest BCUT2D eigenvalue weighted by Crippen LogP contribution is 2.62. The van der Waals surface area contributed by atoms with Gasteiger partial charge in [0.25, 0.3) is 0 Å². The van der Waals surface area contributed by atoms with Crippen molar-refractivity contribution < 1.29 is 9.50 Å². The molecule has 136 valence electrons. The molecule has 5 aliphatic rings. The summed E-state index contributed by atoms with van der Waals surface area (Å²) in [7, 11) is 0. The number of aliphatic hydroxyl groups excluding tert-OH is 1. The van der Waals surface area contributed by atoms with Crippen molar-refractivity contribution in [2.24, 2.45) is 23.2 Å². The molecular formula is C22H25FN2O. The van der Waals surface area contributed by atoms with Crippen LogP contribution in [0.1, 0.15) is 56.6 Å². The van der Waals surface area contributed by atoms with Crippen LogP contribution in [-0.4, -0.2) is 20.8 Å². The highest BCUT2D eigenvalue weighted by molar-refractivity contribution is 5.69. The van der Waals surface area contributed by atoms with E-state index in [0.29, 0.717) is 6.42 Å². The maximum absolute atomic E-state index is 14.7. The summed E-state index contributed by atoms with van der Waals surface area (Å²) in [5.74, 6) is 2.28. The fourth-order valence-corrected chi connectivity index (χ4v) is 7.28. The van der Waals surface area contributed by atoms with Crippen molar-refractivity contribution in [3.8, 4) is 11.3 Å². The van der Waals surface area contributed by atoms with Crippen LogP contribution < -0.4 is 0 Å². The van der Waals surface area contributed by atoms with Crippen LogP contribution in [0.15, 0.2) is 30.7 Å². The summed E-state index contributed by atoms with van der Waals surface area (Å²) in [4.78, 5) is 4.28. The maximum atomic E-state index is 14.7. The summed E-state index contributed by atoms with van der Waals surface area (Å²) < 4.78 is 16.7. The molecule has 26 heavy (non-hydrogen) atoms. The topological polar surface area (TPSA) is 38.1 Å². The van der Waals surface area contributed by atoms with Gasteiger partial charge in [0, 0.05) is 11.1 Å². The summed E-state index contributed by atoms with van der Waals surface area (Å²) in [6.07, 6.45) is 11.5. The minimum Gasteiger partial charge on any atom is -0.392 e. The molecule has 4 heteroatoms. The fraction of sp³-hybridized carbons (Fsp3) is 0.591. The lowest BCUT2D eigenvalue weighted by Crippen LogP contribution is -2.52. The second kappa shape index (κ2) is 5.19. The zero-order valence-electron chi connectivity index (χ0n) is 14.9. The van der Waals surface area contributed by atoms with Crippen molar-refractivity contribution >= 4 is 0 Å². The van der Waals surface area contributed by atoms with Crippen molar-refractivity contribution in [2.75, 3.05) is 0 Å². The molecule has 7 rings (SSSR count). The summed E-state index contributed by atoms with van der Waals surface area (Å²) in [6, 6.07) is 5.15. The van der Waals surface area contributed by atoms with Crippen molar-refractivity contribution in [3.05, 3.63) is 42.1 Å². The van der Waals surface area contributed by atoms with Gasteiger partial charge in [-0.2, -0.15) is 0 Å².